The van der Waals surface area contributed by atoms with Crippen LogP contribution in [0.4, 0.5) is 0 Å². The Hall–Kier alpha value is -1.05. The molecule has 2 nitrogen and oxygen atoms in total. The highest BCUT2D eigenvalue weighted by Crippen LogP contribution is 2.60. The van der Waals surface area contributed by atoms with E-state index in [2.05, 4.69) is 39.2 Å². The summed E-state index contributed by atoms with van der Waals surface area (Å²) in [5.41, 5.74) is 2.76. The Morgan fingerprint density at radius 3 is 2.83 bits per heavy atom. The van der Waals surface area contributed by atoms with E-state index in [4.69, 9.17) is 0 Å². The van der Waals surface area contributed by atoms with Gasteiger partial charge in [-0.3, -0.25) is 4.79 Å². The Labute approximate surface area is 141 Å². The van der Waals surface area contributed by atoms with Gasteiger partial charge in [0.2, 0.25) is 6.41 Å². The quantitative estimate of drug-likeness (QED) is 0.590. The second-order valence-corrected chi connectivity index (χ2v) is 8.92. The lowest BCUT2D eigenvalue weighted by atomic mass is 9.46. The number of carbonyl (C=O) groups excluding carboxylic acids is 1. The van der Waals surface area contributed by atoms with Crippen molar-refractivity contribution in [2.45, 2.75) is 64.8 Å². The molecule has 7 unspecified atom stereocenters. The lowest BCUT2D eigenvalue weighted by Crippen LogP contribution is -2.61. The summed E-state index contributed by atoms with van der Waals surface area (Å²) in [4.78, 5) is 11.2. The molecule has 0 bridgehead atoms. The highest BCUT2D eigenvalue weighted by atomic mass is 16.1. The van der Waals surface area contributed by atoms with Crippen LogP contribution in [0.25, 0.3) is 0 Å². The topological polar surface area (TPSA) is 29.1 Å². The Balaban J connectivity index is 1.96. The Bertz CT molecular complexity index is 510. The minimum absolute atomic E-state index is 0.0211. The van der Waals surface area contributed by atoms with Crippen LogP contribution in [-0.2, 0) is 4.79 Å². The number of rotatable bonds is 4. The second-order valence-electron chi connectivity index (χ2n) is 8.92. The molecular formula is C21H33NO. The molecule has 3 rings (SSSR count). The van der Waals surface area contributed by atoms with Gasteiger partial charge in [-0.1, -0.05) is 24.6 Å². The van der Waals surface area contributed by atoms with Crippen LogP contribution in [0.3, 0.4) is 0 Å². The number of carbonyl (C=O) groups is 1. The van der Waals surface area contributed by atoms with E-state index < -0.39 is 0 Å². The second kappa shape index (κ2) is 6.11. The zero-order valence-electron chi connectivity index (χ0n) is 15.1. The van der Waals surface area contributed by atoms with Gasteiger partial charge >= 0.3 is 0 Å². The van der Waals surface area contributed by atoms with Gasteiger partial charge in [0.1, 0.15) is 0 Å². The fraction of sp³-hybridized carbons (Fsp3) is 0.762. The smallest absolute Gasteiger partial charge is 0.207 e. The van der Waals surface area contributed by atoms with Crippen LogP contribution < -0.4 is 5.32 Å². The van der Waals surface area contributed by atoms with E-state index in [1.807, 2.05) is 0 Å². The van der Waals surface area contributed by atoms with Crippen LogP contribution >= 0.6 is 0 Å². The van der Waals surface area contributed by atoms with Crippen molar-refractivity contribution in [3.63, 3.8) is 0 Å². The van der Waals surface area contributed by atoms with Gasteiger partial charge in [-0.25, -0.2) is 0 Å². The highest BCUT2D eigenvalue weighted by Gasteiger charge is 2.56. The first-order valence-electron chi connectivity index (χ1n) is 9.40. The SMILES string of the molecule is C=C(C)CC1CC(C)C2CCC(C)(NC=O)C3CCC(=C)C1C23. The van der Waals surface area contributed by atoms with Crippen molar-refractivity contribution in [2.75, 3.05) is 0 Å². The predicted molar refractivity (Wildman–Crippen MR) is 95.9 cm³/mol. The van der Waals surface area contributed by atoms with E-state index >= 15 is 0 Å². The van der Waals surface area contributed by atoms with Crippen LogP contribution in [0, 0.1) is 35.5 Å². The molecule has 0 aromatic heterocycles. The molecule has 0 aromatic rings. The molecule has 0 heterocycles. The van der Waals surface area contributed by atoms with E-state index in [9.17, 15) is 4.79 Å². The minimum atomic E-state index is -0.0211. The largest absolute Gasteiger partial charge is 0.353 e. The monoisotopic (exact) mass is 315 g/mol. The number of hydrogen-bond donors (Lipinski definition) is 1. The lowest BCUT2D eigenvalue weighted by molar-refractivity contribution is -0.116. The number of allylic oxidation sites excluding steroid dienone is 2. The summed E-state index contributed by atoms with van der Waals surface area (Å²) in [6.45, 7) is 15.6. The van der Waals surface area contributed by atoms with E-state index in [1.165, 1.54) is 30.4 Å². The molecule has 2 heteroatoms. The molecule has 0 aliphatic heterocycles. The van der Waals surface area contributed by atoms with Gasteiger partial charge in [0.05, 0.1) is 0 Å². The van der Waals surface area contributed by atoms with E-state index in [1.54, 1.807) is 0 Å². The molecule has 0 radical (unpaired) electrons. The molecule has 0 aromatic carbocycles. The minimum Gasteiger partial charge on any atom is -0.353 e. The third-order valence-electron chi connectivity index (χ3n) is 7.35. The summed E-state index contributed by atoms with van der Waals surface area (Å²) < 4.78 is 0. The maximum absolute atomic E-state index is 11.2. The van der Waals surface area contributed by atoms with Crippen molar-refractivity contribution in [2.24, 2.45) is 35.5 Å². The van der Waals surface area contributed by atoms with Crippen molar-refractivity contribution in [3.8, 4) is 0 Å². The standard InChI is InChI=1S/C21H33NO/c1-13(2)10-16-11-15(4)17-8-9-21(5,22-12-23)18-7-6-14(3)19(16)20(17)18/h12,15-20H,1,3,6-11H2,2,4-5H3,(H,22,23). The molecule has 3 aliphatic rings. The van der Waals surface area contributed by atoms with E-state index in [-0.39, 0.29) is 5.54 Å². The molecule has 0 saturated heterocycles. The van der Waals surface area contributed by atoms with E-state index in [0.29, 0.717) is 23.7 Å². The summed E-state index contributed by atoms with van der Waals surface area (Å²) in [6.07, 6.45) is 8.10. The van der Waals surface area contributed by atoms with Crippen LogP contribution in [0.5, 0.6) is 0 Å². The summed E-state index contributed by atoms with van der Waals surface area (Å²) in [7, 11) is 0. The molecular weight excluding hydrogens is 282 g/mol. The predicted octanol–water partition coefficient (Wildman–Crippen LogP) is 4.72. The van der Waals surface area contributed by atoms with Gasteiger partial charge in [-0.15, -0.1) is 6.58 Å². The number of hydrogen-bond acceptors (Lipinski definition) is 1. The third kappa shape index (κ3) is 2.79. The first kappa shape index (κ1) is 16.8. The average molecular weight is 316 g/mol. The normalized spacial score (nSPS) is 46.0. The van der Waals surface area contributed by atoms with Crippen molar-refractivity contribution in [3.05, 3.63) is 24.3 Å². The van der Waals surface area contributed by atoms with Gasteiger partial charge in [-0.05, 0) is 87.9 Å². The zero-order chi connectivity index (χ0) is 16.8. The molecule has 128 valence electrons. The van der Waals surface area contributed by atoms with Crippen LogP contribution in [-0.4, -0.2) is 11.9 Å². The van der Waals surface area contributed by atoms with Crippen LogP contribution in [0.2, 0.25) is 0 Å². The summed E-state index contributed by atoms with van der Waals surface area (Å²) >= 11 is 0. The first-order valence-corrected chi connectivity index (χ1v) is 9.40. The Morgan fingerprint density at radius 1 is 1.43 bits per heavy atom. The van der Waals surface area contributed by atoms with E-state index in [0.717, 1.165) is 37.5 Å². The van der Waals surface area contributed by atoms with Crippen LogP contribution in [0.15, 0.2) is 24.3 Å². The number of nitrogens with one attached hydrogen (secondary N) is 1. The fourth-order valence-electron chi connectivity index (χ4n) is 6.46. The molecule has 3 saturated carbocycles. The Kier molecular flexibility index (Phi) is 4.46. The van der Waals surface area contributed by atoms with Gasteiger partial charge < -0.3 is 5.32 Å². The summed E-state index contributed by atoms with van der Waals surface area (Å²) in [5.74, 6) is 4.25. The van der Waals surface area contributed by atoms with Crippen molar-refractivity contribution in [1.29, 1.82) is 0 Å². The zero-order valence-corrected chi connectivity index (χ0v) is 15.1. The van der Waals surface area contributed by atoms with Crippen molar-refractivity contribution >= 4 is 6.41 Å². The van der Waals surface area contributed by atoms with Gasteiger partial charge in [0.25, 0.3) is 0 Å². The van der Waals surface area contributed by atoms with Crippen molar-refractivity contribution < 1.29 is 4.79 Å². The highest BCUT2D eigenvalue weighted by molar-refractivity contribution is 5.48. The molecule has 1 N–H and O–H groups in total. The summed E-state index contributed by atoms with van der Waals surface area (Å²) in [5, 5.41) is 3.21. The lowest BCUT2D eigenvalue weighted by Gasteiger charge is -2.60. The van der Waals surface area contributed by atoms with Gasteiger partial charge in [0.15, 0.2) is 0 Å². The molecule has 23 heavy (non-hydrogen) atoms. The summed E-state index contributed by atoms with van der Waals surface area (Å²) in [6, 6.07) is 0. The number of amides is 1. The van der Waals surface area contributed by atoms with Gasteiger partial charge in [0, 0.05) is 5.54 Å². The fourth-order valence-corrected chi connectivity index (χ4v) is 6.46. The Morgan fingerprint density at radius 2 is 2.17 bits per heavy atom. The molecule has 1 amide bonds. The maximum Gasteiger partial charge on any atom is 0.207 e. The average Bonchev–Trinajstić information content (AvgIpc) is 2.45. The molecule has 3 aliphatic carbocycles. The van der Waals surface area contributed by atoms with Gasteiger partial charge in [-0.2, -0.15) is 0 Å². The molecule has 0 spiro atoms. The molecule has 7 atom stereocenters. The van der Waals surface area contributed by atoms with Crippen molar-refractivity contribution in [1.82, 2.24) is 5.32 Å². The maximum atomic E-state index is 11.2. The third-order valence-corrected chi connectivity index (χ3v) is 7.35. The van der Waals surface area contributed by atoms with Crippen LogP contribution in [0.1, 0.15) is 59.3 Å². The molecule has 3 fully saturated rings. The first-order chi connectivity index (χ1) is 10.9.